The van der Waals surface area contributed by atoms with Gasteiger partial charge in [0, 0.05) is 74.1 Å². The smallest absolute Gasteiger partial charge is 0.166 e. The van der Waals surface area contributed by atoms with Gasteiger partial charge >= 0.3 is 0 Å². The zero-order valence-corrected chi connectivity index (χ0v) is 50.9. The van der Waals surface area contributed by atoms with Crippen LogP contribution in [0, 0.1) is 34.1 Å². The van der Waals surface area contributed by atoms with E-state index in [1.54, 1.807) is 67.9 Å². The van der Waals surface area contributed by atoms with Crippen LogP contribution in [0.25, 0.3) is 21.8 Å². The number of phenols is 1. The van der Waals surface area contributed by atoms with Gasteiger partial charge in [-0.1, -0.05) is 64.1 Å². The van der Waals surface area contributed by atoms with Gasteiger partial charge in [0.25, 0.3) is 0 Å². The van der Waals surface area contributed by atoms with Crippen LogP contribution in [0.3, 0.4) is 0 Å². The van der Waals surface area contributed by atoms with E-state index in [2.05, 4.69) is 47.5 Å². The molecule has 0 unspecified atom stereocenters. The zero-order valence-electron chi connectivity index (χ0n) is 50.9. The highest BCUT2D eigenvalue weighted by molar-refractivity contribution is 6.11. The molecule has 2 saturated carbocycles. The fourth-order valence-electron chi connectivity index (χ4n) is 10.4. The Bertz CT molecular complexity index is 3780. The second-order valence-corrected chi connectivity index (χ2v) is 21.9. The van der Waals surface area contributed by atoms with Gasteiger partial charge in [-0.2, -0.15) is 0 Å². The fraction of sp³-hybridized carbons (Fsp3) is 0.343. The second kappa shape index (κ2) is 30.4. The van der Waals surface area contributed by atoms with Crippen molar-refractivity contribution in [2.45, 2.75) is 79.1 Å². The Morgan fingerprint density at radius 3 is 1.25 bits per heavy atom. The Balaban J connectivity index is 0.000000207. The van der Waals surface area contributed by atoms with E-state index >= 15 is 4.39 Å². The second-order valence-electron chi connectivity index (χ2n) is 21.9. The first-order chi connectivity index (χ1) is 42.9. The summed E-state index contributed by atoms with van der Waals surface area (Å²) < 4.78 is 85.1. The number of aliphatic hydroxyl groups excluding tert-OH is 1. The van der Waals surface area contributed by atoms with E-state index < -0.39 is 22.5 Å². The summed E-state index contributed by atoms with van der Waals surface area (Å²) in [6, 6.07) is 29.7. The number of ether oxygens (including phenoxy) is 5. The number of aliphatic hydroxyl groups is 1. The number of methoxy groups -OCH3 is 2. The van der Waals surface area contributed by atoms with Gasteiger partial charge in [-0.05, 0) is 147 Å². The van der Waals surface area contributed by atoms with Gasteiger partial charge in [-0.3, -0.25) is 29.1 Å². The lowest BCUT2D eigenvalue weighted by atomic mass is 9.88. The lowest BCUT2D eigenvalue weighted by molar-refractivity contribution is -0.135. The minimum absolute atomic E-state index is 0.0132. The van der Waals surface area contributed by atoms with Crippen molar-refractivity contribution in [3.05, 3.63) is 179 Å². The summed E-state index contributed by atoms with van der Waals surface area (Å²) in [7, 11) is 2.97. The summed E-state index contributed by atoms with van der Waals surface area (Å²) in [5, 5.41) is 19.6. The number of likely N-dealkylation sites (N-methyl/N-ethyl adjacent to an activating group) is 2. The molecule has 0 amide bonds. The third-order valence-corrected chi connectivity index (χ3v) is 16.2. The van der Waals surface area contributed by atoms with Gasteiger partial charge in [-0.25, -0.2) is 17.6 Å². The normalized spacial score (nSPS) is 13.4. The number of fused-ring (bicyclic) bond motifs is 2. The Morgan fingerprint density at radius 1 is 0.472 bits per heavy atom. The number of rotatable bonds is 28. The van der Waals surface area contributed by atoms with E-state index in [0.717, 1.165) is 39.3 Å². The average Bonchev–Trinajstić information content (AvgIpc) is 2.03. The number of benzene rings is 6. The molecule has 0 bridgehead atoms. The molecule has 8 aromatic rings. The molecule has 89 heavy (non-hydrogen) atoms. The van der Waals surface area contributed by atoms with Crippen molar-refractivity contribution >= 4 is 44.9 Å². The number of Topliss-reactive ketones (excluding diaryl/α,β-unsaturated/α-hetero) is 4. The van der Waals surface area contributed by atoms with Crippen LogP contribution in [0.4, 0.5) is 17.6 Å². The van der Waals surface area contributed by atoms with Crippen LogP contribution in [-0.2, 0) is 44.9 Å². The van der Waals surface area contributed by atoms with Crippen LogP contribution in [0.5, 0.6) is 46.0 Å². The Kier molecular flexibility index (Phi) is 22.6. The first-order valence-electron chi connectivity index (χ1n) is 29.8. The van der Waals surface area contributed by atoms with Crippen LogP contribution in [-0.4, -0.2) is 120 Å². The number of carbonyl (C=O) groups excluding carboxylic acids is 4. The van der Waals surface area contributed by atoms with Crippen LogP contribution >= 0.6 is 0 Å². The van der Waals surface area contributed by atoms with Crippen molar-refractivity contribution in [1.82, 2.24) is 19.8 Å². The summed E-state index contributed by atoms with van der Waals surface area (Å²) in [5.41, 5.74) is 1.12. The summed E-state index contributed by atoms with van der Waals surface area (Å²) in [4.78, 5) is 65.1. The highest BCUT2D eigenvalue weighted by atomic mass is 19.1. The Hall–Kier alpha value is -8.78. The minimum atomic E-state index is -1.05. The first kappa shape index (κ1) is 66.2. The van der Waals surface area contributed by atoms with Crippen LogP contribution < -0.4 is 23.7 Å². The number of halogens is 4. The Morgan fingerprint density at radius 2 is 0.865 bits per heavy atom. The van der Waals surface area contributed by atoms with Crippen LogP contribution in [0.15, 0.2) is 134 Å². The molecule has 0 atom stereocenters. The third kappa shape index (κ3) is 16.7. The molecule has 468 valence electrons. The van der Waals surface area contributed by atoms with E-state index in [1.165, 1.54) is 80.0 Å². The summed E-state index contributed by atoms with van der Waals surface area (Å²) in [6.45, 7) is 14.7. The summed E-state index contributed by atoms with van der Waals surface area (Å²) in [5.74, 6) is -1.10. The molecule has 15 nitrogen and oxygen atoms in total. The molecule has 2 N–H and O–H groups in total. The third-order valence-electron chi connectivity index (χ3n) is 16.2. The first-order valence-corrected chi connectivity index (χ1v) is 29.8. The van der Waals surface area contributed by atoms with Crippen LogP contribution in [0.2, 0.25) is 0 Å². The standard InChI is InChI=1S/C35H36F2N2O5.C29H23F2NO5.C6H15NO/c1-4-39(5-2)16-17-43-32-22-28-26(21-31(32)42-3)29(12-15-38-28)44-30-11-8-24(18-27(30)37)20-34(41)35(13-14-35)33(40)19-23-6-9-25(36)10-7-23;1-36-26-15-20-22(16-23(26)33)32-11-8-24(20)37-25-7-4-18(12-21(25)31)14-28(35)29(9-10-29)27(34)13-17-2-5-19(30)6-3-17;1-3-7(4-2)5-6-8/h6-12,15,18,21-22H,4-5,13-14,16-17,19-20H2,1-3H3;2-8,11-12,15-16,33H,9-10,13-14H2,1H3;8H,3-6H2,1-2H3. The highest BCUT2D eigenvalue weighted by Gasteiger charge is 2.55. The molecule has 2 fully saturated rings. The van der Waals surface area contributed by atoms with Crippen molar-refractivity contribution < 1.29 is 70.6 Å². The number of phenolic OH excluding ortho intramolecular Hbond substituents is 1. The number of pyridine rings is 2. The van der Waals surface area contributed by atoms with Crippen molar-refractivity contribution in [2.24, 2.45) is 10.8 Å². The number of hydrogen-bond donors (Lipinski definition) is 2. The molecule has 0 aliphatic heterocycles. The van der Waals surface area contributed by atoms with Gasteiger partial charge in [-0.15, -0.1) is 0 Å². The summed E-state index contributed by atoms with van der Waals surface area (Å²) in [6.07, 6.45) is 4.87. The van der Waals surface area contributed by atoms with Gasteiger partial charge in [0.05, 0.1) is 42.7 Å². The topological polar surface area (TPSA) is 187 Å². The molecule has 2 aliphatic rings. The van der Waals surface area contributed by atoms with E-state index in [9.17, 15) is 37.5 Å². The van der Waals surface area contributed by atoms with E-state index in [4.69, 9.17) is 28.8 Å². The van der Waals surface area contributed by atoms with Crippen molar-refractivity contribution in [1.29, 1.82) is 0 Å². The lowest BCUT2D eigenvalue weighted by Gasteiger charge is -2.19. The monoisotopic (exact) mass is 1220 g/mol. The van der Waals surface area contributed by atoms with E-state index in [1.807, 2.05) is 0 Å². The maximum absolute atomic E-state index is 15.3. The molecule has 2 heterocycles. The predicted octanol–water partition coefficient (Wildman–Crippen LogP) is 12.8. The van der Waals surface area contributed by atoms with Gasteiger partial charge in [0.2, 0.25) is 0 Å². The molecule has 0 spiro atoms. The quantitative estimate of drug-likeness (QED) is 0.0348. The number of nitrogens with zero attached hydrogens (tertiary/aromatic N) is 4. The molecule has 10 rings (SSSR count). The largest absolute Gasteiger partial charge is 0.504 e. The fourth-order valence-corrected chi connectivity index (χ4v) is 10.4. The predicted molar refractivity (Wildman–Crippen MR) is 330 cm³/mol. The number of carbonyl (C=O) groups is 4. The van der Waals surface area contributed by atoms with Crippen LogP contribution in [0.1, 0.15) is 75.6 Å². The molecule has 0 radical (unpaired) electrons. The van der Waals surface area contributed by atoms with Gasteiger partial charge < -0.3 is 43.7 Å². The lowest BCUT2D eigenvalue weighted by Crippen LogP contribution is -2.28. The van der Waals surface area contributed by atoms with Crippen molar-refractivity contribution in [3.63, 3.8) is 0 Å². The molecule has 2 aromatic heterocycles. The van der Waals surface area contributed by atoms with Crippen molar-refractivity contribution in [3.8, 4) is 46.0 Å². The van der Waals surface area contributed by atoms with Gasteiger partial charge in [0.1, 0.15) is 29.7 Å². The maximum atomic E-state index is 15.3. The zero-order chi connectivity index (χ0) is 63.8. The van der Waals surface area contributed by atoms with Gasteiger partial charge in [0.15, 0.2) is 69.3 Å². The molecule has 2 aliphatic carbocycles. The number of aromatic nitrogens is 2. The molecule has 0 saturated heterocycles. The Labute approximate surface area is 515 Å². The highest BCUT2D eigenvalue weighted by Crippen LogP contribution is 2.50. The SMILES string of the molecule is CCN(CC)CCO.CCN(CC)CCOc1cc2nccc(Oc3ccc(CC(=O)C4(C(=O)Cc5ccc(F)cc5)CC4)cc3F)c2cc1OC.COc1cc2c(Oc3ccc(CC(=O)C4(C(=O)Cc5ccc(F)cc5)CC4)cc3F)ccnc2cc1O. The number of hydrogen-bond acceptors (Lipinski definition) is 15. The molecular formula is C70H74F4N4O11. The number of aromatic hydroxyl groups is 1. The molecule has 6 aromatic carbocycles. The molecular weight excluding hydrogens is 1150 g/mol. The van der Waals surface area contributed by atoms with Crippen molar-refractivity contribution in [2.75, 3.05) is 66.7 Å². The maximum Gasteiger partial charge on any atom is 0.166 e. The van der Waals surface area contributed by atoms with E-state index in [0.29, 0.717) is 99.3 Å². The van der Waals surface area contributed by atoms with E-state index in [-0.39, 0.29) is 90.1 Å². The minimum Gasteiger partial charge on any atom is -0.504 e. The molecule has 19 heteroatoms. The number of ketones is 4. The average molecular weight is 1220 g/mol. The summed E-state index contributed by atoms with van der Waals surface area (Å²) >= 11 is 0.